The molecule has 2 N–H and O–H groups in total. The highest BCUT2D eigenvalue weighted by Crippen LogP contribution is 2.28. The number of hydrogen-bond donors (Lipinski definition) is 2. The van der Waals surface area contributed by atoms with Gasteiger partial charge in [0.25, 0.3) is 0 Å². The van der Waals surface area contributed by atoms with Crippen molar-refractivity contribution in [1.82, 2.24) is 4.90 Å². The summed E-state index contributed by atoms with van der Waals surface area (Å²) in [5.41, 5.74) is 4.72. The van der Waals surface area contributed by atoms with E-state index >= 15 is 0 Å². The van der Waals surface area contributed by atoms with Gasteiger partial charge in [0.2, 0.25) is 0 Å². The van der Waals surface area contributed by atoms with E-state index in [9.17, 15) is 10.2 Å². The van der Waals surface area contributed by atoms with Crippen molar-refractivity contribution in [2.75, 3.05) is 33.4 Å². The van der Waals surface area contributed by atoms with Gasteiger partial charge in [-0.3, -0.25) is 0 Å². The van der Waals surface area contributed by atoms with Gasteiger partial charge in [0.1, 0.15) is 0 Å². The Labute approximate surface area is 115 Å². The monoisotopic (exact) mass is 261 g/mol. The highest BCUT2D eigenvalue weighted by Gasteiger charge is 2.15. The summed E-state index contributed by atoms with van der Waals surface area (Å²) in [6, 6.07) is 8.36. The molecule has 3 nitrogen and oxygen atoms in total. The minimum atomic E-state index is 0.0809. The van der Waals surface area contributed by atoms with Crippen molar-refractivity contribution in [1.29, 1.82) is 0 Å². The fourth-order valence-electron chi connectivity index (χ4n) is 2.72. The van der Waals surface area contributed by atoms with Crippen LogP contribution in [0.3, 0.4) is 0 Å². The normalized spacial score (nSPS) is 21.4. The summed E-state index contributed by atoms with van der Waals surface area (Å²) in [5.74, 6) is 0. The molecule has 0 unspecified atom stereocenters. The zero-order chi connectivity index (χ0) is 13.7. The molecule has 1 aromatic carbocycles. The average molecular weight is 261 g/mol. The van der Waals surface area contributed by atoms with Crippen molar-refractivity contribution in [3.8, 4) is 0 Å². The third-order valence-corrected chi connectivity index (χ3v) is 3.88. The quantitative estimate of drug-likeness (QED) is 0.870. The number of benzene rings is 1. The summed E-state index contributed by atoms with van der Waals surface area (Å²) < 4.78 is 0. The molecule has 0 amide bonds. The van der Waals surface area contributed by atoms with Gasteiger partial charge in [-0.05, 0) is 48.6 Å². The van der Waals surface area contributed by atoms with Crippen LogP contribution >= 0.6 is 0 Å². The standard InChI is InChI=1S/C16H23NO2/c1-17-9-6-13-4-2-3-5-15(13)16(8-11-18)14(12-19)7-10-17/h2-5,18-19H,6-12H2,1H3/b16-14+. The zero-order valence-corrected chi connectivity index (χ0v) is 11.6. The van der Waals surface area contributed by atoms with Crippen LogP contribution in [-0.2, 0) is 6.42 Å². The maximum Gasteiger partial charge on any atom is 0.0648 e. The highest BCUT2D eigenvalue weighted by molar-refractivity contribution is 5.71. The van der Waals surface area contributed by atoms with E-state index in [0.29, 0.717) is 6.42 Å². The first-order chi connectivity index (χ1) is 9.26. The Bertz CT molecular complexity index is 454. The van der Waals surface area contributed by atoms with E-state index in [1.807, 2.05) is 6.07 Å². The lowest BCUT2D eigenvalue weighted by Crippen LogP contribution is -2.22. The maximum atomic E-state index is 9.65. The number of aliphatic hydroxyl groups excluding tert-OH is 2. The summed E-state index contributed by atoms with van der Waals surface area (Å²) in [6.07, 6.45) is 2.51. The molecule has 0 spiro atoms. The van der Waals surface area contributed by atoms with Crippen molar-refractivity contribution in [3.05, 3.63) is 41.0 Å². The Morgan fingerprint density at radius 2 is 1.84 bits per heavy atom. The SMILES string of the molecule is CN1CC/C(CO)=C(/CCO)c2ccccc2CC1. The lowest BCUT2D eigenvalue weighted by Gasteiger charge is -2.16. The highest BCUT2D eigenvalue weighted by atomic mass is 16.3. The second-order valence-electron chi connectivity index (χ2n) is 5.17. The molecule has 0 fully saturated rings. The first-order valence-corrected chi connectivity index (χ1v) is 6.95. The predicted molar refractivity (Wildman–Crippen MR) is 78.0 cm³/mol. The van der Waals surface area contributed by atoms with Crippen molar-refractivity contribution in [2.45, 2.75) is 19.3 Å². The molecule has 104 valence electrons. The predicted octanol–water partition coefficient (Wildman–Crippen LogP) is 1.69. The minimum Gasteiger partial charge on any atom is -0.396 e. The van der Waals surface area contributed by atoms with Crippen LogP contribution < -0.4 is 0 Å². The summed E-state index contributed by atoms with van der Waals surface area (Å²) >= 11 is 0. The van der Waals surface area contributed by atoms with E-state index in [-0.39, 0.29) is 13.2 Å². The fraction of sp³-hybridized carbons (Fsp3) is 0.500. The maximum absolute atomic E-state index is 9.65. The Hall–Kier alpha value is -1.16. The number of nitrogens with zero attached hydrogens (tertiary/aromatic N) is 1. The van der Waals surface area contributed by atoms with E-state index < -0.39 is 0 Å². The molecule has 1 aromatic rings. The molecule has 0 atom stereocenters. The van der Waals surface area contributed by atoms with E-state index in [2.05, 4.69) is 30.1 Å². The molecule has 0 saturated carbocycles. The first kappa shape index (κ1) is 14.3. The van der Waals surface area contributed by atoms with E-state index in [0.717, 1.165) is 37.1 Å². The summed E-state index contributed by atoms with van der Waals surface area (Å²) in [5, 5.41) is 19.0. The second kappa shape index (κ2) is 6.85. The molecule has 1 aliphatic heterocycles. The van der Waals surface area contributed by atoms with Gasteiger partial charge in [-0.1, -0.05) is 24.3 Å². The molecule has 0 aromatic heterocycles. The van der Waals surface area contributed by atoms with Crippen molar-refractivity contribution >= 4 is 5.57 Å². The molecular weight excluding hydrogens is 238 g/mol. The molecule has 0 radical (unpaired) electrons. The van der Waals surface area contributed by atoms with Crippen LogP contribution in [0.25, 0.3) is 5.57 Å². The van der Waals surface area contributed by atoms with Crippen molar-refractivity contribution < 1.29 is 10.2 Å². The third-order valence-electron chi connectivity index (χ3n) is 3.88. The van der Waals surface area contributed by atoms with Gasteiger partial charge >= 0.3 is 0 Å². The minimum absolute atomic E-state index is 0.0809. The Kier molecular flexibility index (Phi) is 5.14. The average Bonchev–Trinajstić information content (AvgIpc) is 2.50. The first-order valence-electron chi connectivity index (χ1n) is 6.95. The summed E-state index contributed by atoms with van der Waals surface area (Å²) in [4.78, 5) is 2.30. The van der Waals surface area contributed by atoms with Crippen LogP contribution in [0, 0.1) is 0 Å². The van der Waals surface area contributed by atoms with Gasteiger partial charge in [0, 0.05) is 19.7 Å². The van der Waals surface area contributed by atoms with E-state index in [1.54, 1.807) is 0 Å². The van der Waals surface area contributed by atoms with Gasteiger partial charge in [-0.15, -0.1) is 0 Å². The van der Waals surface area contributed by atoms with Crippen LogP contribution in [0.2, 0.25) is 0 Å². The number of likely N-dealkylation sites (N-methyl/N-ethyl adjacent to an activating group) is 1. The van der Waals surface area contributed by atoms with Crippen LogP contribution in [0.15, 0.2) is 29.8 Å². The van der Waals surface area contributed by atoms with Gasteiger partial charge < -0.3 is 15.1 Å². The van der Waals surface area contributed by atoms with Crippen molar-refractivity contribution in [3.63, 3.8) is 0 Å². The lowest BCUT2D eigenvalue weighted by molar-refractivity contribution is 0.299. The van der Waals surface area contributed by atoms with Crippen molar-refractivity contribution in [2.24, 2.45) is 0 Å². The summed E-state index contributed by atoms with van der Waals surface area (Å²) in [7, 11) is 2.12. The molecule has 0 saturated heterocycles. The molecule has 3 heteroatoms. The number of hydrogen-bond acceptors (Lipinski definition) is 3. The largest absolute Gasteiger partial charge is 0.396 e. The van der Waals surface area contributed by atoms with Crippen LogP contribution in [0.5, 0.6) is 0 Å². The Balaban J connectivity index is 2.48. The molecule has 0 aliphatic carbocycles. The van der Waals surface area contributed by atoms with Gasteiger partial charge in [0.05, 0.1) is 6.61 Å². The Morgan fingerprint density at radius 3 is 2.58 bits per heavy atom. The smallest absolute Gasteiger partial charge is 0.0648 e. The van der Waals surface area contributed by atoms with E-state index in [4.69, 9.17) is 0 Å². The number of rotatable bonds is 3. The van der Waals surface area contributed by atoms with Crippen LogP contribution in [0.4, 0.5) is 0 Å². The van der Waals surface area contributed by atoms with Gasteiger partial charge in [-0.2, -0.15) is 0 Å². The fourth-order valence-corrected chi connectivity index (χ4v) is 2.72. The lowest BCUT2D eigenvalue weighted by atomic mass is 9.91. The molecule has 19 heavy (non-hydrogen) atoms. The zero-order valence-electron chi connectivity index (χ0n) is 11.6. The molecule has 2 rings (SSSR count). The summed E-state index contributed by atoms with van der Waals surface area (Å²) in [6.45, 7) is 2.20. The van der Waals surface area contributed by atoms with Gasteiger partial charge in [0.15, 0.2) is 0 Å². The Morgan fingerprint density at radius 1 is 1.11 bits per heavy atom. The van der Waals surface area contributed by atoms with Gasteiger partial charge in [-0.25, -0.2) is 0 Å². The van der Waals surface area contributed by atoms with E-state index in [1.165, 1.54) is 11.1 Å². The number of aliphatic hydroxyl groups is 2. The molecule has 1 heterocycles. The third kappa shape index (κ3) is 3.44. The molecular formula is C16H23NO2. The topological polar surface area (TPSA) is 43.7 Å². The molecule has 1 aliphatic rings. The second-order valence-corrected chi connectivity index (χ2v) is 5.17. The van der Waals surface area contributed by atoms with Crippen LogP contribution in [-0.4, -0.2) is 48.5 Å². The number of fused-ring (bicyclic) bond motifs is 1. The molecule has 0 bridgehead atoms. The van der Waals surface area contributed by atoms with Crippen LogP contribution in [0.1, 0.15) is 24.0 Å².